The summed E-state index contributed by atoms with van der Waals surface area (Å²) >= 11 is 7.32. The number of fused-ring (bicyclic) bond motifs is 1. The number of rotatable bonds is 3. The number of amides is 1. The van der Waals surface area contributed by atoms with Crippen LogP contribution in [0.5, 0.6) is 0 Å². The lowest BCUT2D eigenvalue weighted by molar-refractivity contribution is 0.0957. The second-order valence-electron chi connectivity index (χ2n) is 3.43. The van der Waals surface area contributed by atoms with E-state index >= 15 is 0 Å². The van der Waals surface area contributed by atoms with Crippen molar-refractivity contribution in [1.29, 1.82) is 0 Å². The lowest BCUT2D eigenvalue weighted by Crippen LogP contribution is -2.25. The fraction of sp³-hybridized carbons (Fsp3) is 0.200. The summed E-state index contributed by atoms with van der Waals surface area (Å²) in [5.74, 6) is 0.326. The van der Waals surface area contributed by atoms with Crippen LogP contribution >= 0.6 is 28.6 Å². The highest BCUT2D eigenvalue weighted by molar-refractivity contribution is 9.10. The van der Waals surface area contributed by atoms with Crippen LogP contribution in [0.3, 0.4) is 0 Å². The smallest absolute Gasteiger partial charge is 0.323 e. The van der Waals surface area contributed by atoms with E-state index in [1.807, 2.05) is 0 Å². The normalized spacial score (nSPS) is 10.7. The minimum Gasteiger partial charge on any atom is -0.351 e. The number of H-pyrrole nitrogens is 2. The van der Waals surface area contributed by atoms with Gasteiger partial charge in [-0.1, -0.05) is 15.9 Å². The summed E-state index contributed by atoms with van der Waals surface area (Å²) in [6, 6.07) is 3.41. The van der Waals surface area contributed by atoms with Gasteiger partial charge in [0.25, 0.3) is 5.91 Å². The Kier molecular flexibility index (Phi) is 3.58. The van der Waals surface area contributed by atoms with Crippen LogP contribution in [0.1, 0.15) is 10.4 Å². The first kappa shape index (κ1) is 12.3. The van der Waals surface area contributed by atoms with E-state index in [0.717, 1.165) is 4.47 Å². The van der Waals surface area contributed by atoms with Gasteiger partial charge in [0.05, 0.1) is 16.6 Å². The molecule has 1 aromatic carbocycles. The van der Waals surface area contributed by atoms with Crippen LogP contribution in [0.25, 0.3) is 11.0 Å². The molecule has 0 unspecified atom stereocenters. The molecule has 1 aromatic heterocycles. The molecule has 0 atom stereocenters. The van der Waals surface area contributed by atoms with Gasteiger partial charge in [-0.2, -0.15) is 12.6 Å². The van der Waals surface area contributed by atoms with E-state index in [9.17, 15) is 9.59 Å². The maximum Gasteiger partial charge on any atom is 0.323 e. The number of carbonyl (C=O) groups is 1. The number of thiol groups is 1. The molecule has 1 heterocycles. The van der Waals surface area contributed by atoms with Gasteiger partial charge < -0.3 is 15.3 Å². The Morgan fingerprint density at radius 2 is 2.18 bits per heavy atom. The summed E-state index contributed by atoms with van der Waals surface area (Å²) in [6.45, 7) is 0.477. The molecule has 0 spiro atoms. The van der Waals surface area contributed by atoms with Crippen molar-refractivity contribution < 1.29 is 4.79 Å². The Balaban J connectivity index is 2.51. The van der Waals surface area contributed by atoms with Gasteiger partial charge in [0.2, 0.25) is 0 Å². The average molecular weight is 316 g/mol. The first-order valence-corrected chi connectivity index (χ1v) is 6.35. The largest absolute Gasteiger partial charge is 0.351 e. The molecule has 0 saturated carbocycles. The van der Waals surface area contributed by atoms with Gasteiger partial charge in [0.15, 0.2) is 0 Å². The third-order valence-electron chi connectivity index (χ3n) is 2.23. The number of hydrogen-bond donors (Lipinski definition) is 4. The molecule has 5 nitrogen and oxygen atoms in total. The summed E-state index contributed by atoms with van der Waals surface area (Å²) in [5, 5.41) is 2.71. The molecular formula is C10H10BrN3O2S. The Labute approximate surface area is 111 Å². The maximum absolute atomic E-state index is 11.9. The number of hydrogen-bond acceptors (Lipinski definition) is 3. The van der Waals surface area contributed by atoms with E-state index in [0.29, 0.717) is 28.9 Å². The van der Waals surface area contributed by atoms with E-state index < -0.39 is 0 Å². The lowest BCUT2D eigenvalue weighted by atomic mass is 10.1. The van der Waals surface area contributed by atoms with Crippen molar-refractivity contribution in [1.82, 2.24) is 15.3 Å². The maximum atomic E-state index is 11.9. The van der Waals surface area contributed by atoms with Crippen molar-refractivity contribution in [2.45, 2.75) is 0 Å². The molecule has 90 valence electrons. The highest BCUT2D eigenvalue weighted by Gasteiger charge is 2.13. The summed E-state index contributed by atoms with van der Waals surface area (Å²) in [5.41, 5.74) is 1.20. The quantitative estimate of drug-likeness (QED) is 0.644. The van der Waals surface area contributed by atoms with Crippen molar-refractivity contribution in [3.05, 3.63) is 32.7 Å². The van der Waals surface area contributed by atoms with Gasteiger partial charge in [-0.25, -0.2) is 4.79 Å². The highest BCUT2D eigenvalue weighted by Crippen LogP contribution is 2.20. The zero-order valence-corrected chi connectivity index (χ0v) is 11.2. The van der Waals surface area contributed by atoms with E-state index in [4.69, 9.17) is 0 Å². The number of imidazole rings is 1. The lowest BCUT2D eigenvalue weighted by Gasteiger charge is -2.05. The third kappa shape index (κ3) is 2.55. The minimum absolute atomic E-state index is 0.236. The first-order valence-electron chi connectivity index (χ1n) is 4.92. The molecule has 0 bridgehead atoms. The van der Waals surface area contributed by atoms with Crippen LogP contribution in [0.4, 0.5) is 0 Å². The topological polar surface area (TPSA) is 77.8 Å². The fourth-order valence-electron chi connectivity index (χ4n) is 1.55. The second-order valence-corrected chi connectivity index (χ2v) is 4.80. The molecule has 2 rings (SSSR count). The molecule has 0 aliphatic rings. The van der Waals surface area contributed by atoms with Crippen LogP contribution in [0, 0.1) is 0 Å². The molecule has 1 amide bonds. The second kappa shape index (κ2) is 4.97. The van der Waals surface area contributed by atoms with Gasteiger partial charge in [0.1, 0.15) is 0 Å². The van der Waals surface area contributed by atoms with Crippen molar-refractivity contribution in [2.24, 2.45) is 0 Å². The zero-order valence-electron chi connectivity index (χ0n) is 8.71. The highest BCUT2D eigenvalue weighted by atomic mass is 79.9. The predicted octanol–water partition coefficient (Wildman–Crippen LogP) is 1.28. The van der Waals surface area contributed by atoms with Crippen molar-refractivity contribution in [3.63, 3.8) is 0 Å². The molecule has 0 saturated heterocycles. The van der Waals surface area contributed by atoms with Crippen molar-refractivity contribution in [2.75, 3.05) is 12.3 Å². The van der Waals surface area contributed by atoms with E-state index in [-0.39, 0.29) is 11.6 Å². The number of aromatic nitrogens is 2. The van der Waals surface area contributed by atoms with Crippen molar-refractivity contribution >= 4 is 45.5 Å². The Bertz CT molecular complexity index is 620. The molecule has 17 heavy (non-hydrogen) atoms. The minimum atomic E-state index is -0.332. The molecule has 0 aliphatic carbocycles. The van der Waals surface area contributed by atoms with Crippen molar-refractivity contribution in [3.8, 4) is 0 Å². The molecule has 0 radical (unpaired) electrons. The number of nitrogens with one attached hydrogen (secondary N) is 3. The van der Waals surface area contributed by atoms with Crippen LogP contribution in [-0.4, -0.2) is 28.2 Å². The van der Waals surface area contributed by atoms with Crippen LogP contribution in [0.15, 0.2) is 21.4 Å². The number of benzene rings is 1. The number of aromatic amines is 2. The molecule has 3 N–H and O–H groups in total. The van der Waals surface area contributed by atoms with Gasteiger partial charge in [-0.15, -0.1) is 0 Å². The van der Waals surface area contributed by atoms with E-state index in [1.165, 1.54) is 0 Å². The Hall–Kier alpha value is -1.21. The number of carbonyl (C=O) groups excluding carboxylic acids is 1. The predicted molar refractivity (Wildman–Crippen MR) is 72.8 cm³/mol. The summed E-state index contributed by atoms with van der Waals surface area (Å²) < 4.78 is 0.733. The molecule has 2 aromatic rings. The van der Waals surface area contributed by atoms with E-state index in [2.05, 4.69) is 43.8 Å². The van der Waals surface area contributed by atoms with Crippen LogP contribution < -0.4 is 11.0 Å². The molecule has 7 heteroatoms. The van der Waals surface area contributed by atoms with Crippen LogP contribution in [-0.2, 0) is 0 Å². The fourth-order valence-corrected chi connectivity index (χ4v) is 2.12. The summed E-state index contributed by atoms with van der Waals surface area (Å²) in [7, 11) is 0. The summed E-state index contributed by atoms with van der Waals surface area (Å²) in [6.07, 6.45) is 0. The zero-order chi connectivity index (χ0) is 12.4. The van der Waals surface area contributed by atoms with Gasteiger partial charge >= 0.3 is 5.69 Å². The van der Waals surface area contributed by atoms with Gasteiger partial charge in [0, 0.05) is 16.8 Å². The van der Waals surface area contributed by atoms with Crippen LogP contribution in [0.2, 0.25) is 0 Å². The van der Waals surface area contributed by atoms with E-state index in [1.54, 1.807) is 12.1 Å². The number of halogens is 1. The Morgan fingerprint density at radius 3 is 2.88 bits per heavy atom. The Morgan fingerprint density at radius 1 is 1.41 bits per heavy atom. The average Bonchev–Trinajstić information content (AvgIpc) is 2.64. The standard InChI is InChI=1S/C10H10BrN3O2S/c11-5-3-6(9(15)12-1-2-17)8-7(4-5)13-10(16)14-8/h3-4,17H,1-2H2,(H,12,15)(H2,13,14,16). The summed E-state index contributed by atoms with van der Waals surface area (Å²) in [4.78, 5) is 28.3. The molecular weight excluding hydrogens is 306 g/mol. The molecule has 0 aliphatic heterocycles. The van der Waals surface area contributed by atoms with Gasteiger partial charge in [-0.3, -0.25) is 4.79 Å². The van der Waals surface area contributed by atoms with Gasteiger partial charge in [-0.05, 0) is 12.1 Å². The SMILES string of the molecule is O=C(NCCS)c1cc(Br)cc2[nH]c(=O)[nH]c12. The molecule has 0 fully saturated rings. The third-order valence-corrected chi connectivity index (χ3v) is 2.91. The monoisotopic (exact) mass is 315 g/mol. The first-order chi connectivity index (χ1) is 8.11.